The number of nitrogens with one attached hydrogen (secondary N) is 1. The van der Waals surface area contributed by atoms with Crippen LogP contribution in [0.1, 0.15) is 19.8 Å². The highest BCUT2D eigenvalue weighted by molar-refractivity contribution is 7.89. The third kappa shape index (κ3) is 7.53. The van der Waals surface area contributed by atoms with Crippen LogP contribution in [0.3, 0.4) is 0 Å². The average molecular weight is 223 g/mol. The van der Waals surface area contributed by atoms with E-state index in [1.807, 2.05) is 0 Å². The molecule has 0 aromatic carbocycles. The Kier molecular flexibility index (Phi) is 5.14. The van der Waals surface area contributed by atoms with E-state index >= 15 is 0 Å². The number of carbonyl (C=O) groups excluding carboxylic acids is 2. The number of esters is 1. The Labute approximate surface area is 82.7 Å². The molecule has 0 fully saturated rings. The van der Waals surface area contributed by atoms with E-state index in [4.69, 9.17) is 0 Å². The van der Waals surface area contributed by atoms with Crippen LogP contribution in [0.15, 0.2) is 0 Å². The molecule has 0 saturated heterocycles. The first-order chi connectivity index (χ1) is 6.35. The van der Waals surface area contributed by atoms with Crippen LogP contribution in [-0.4, -0.2) is 33.2 Å². The van der Waals surface area contributed by atoms with Gasteiger partial charge in [0, 0.05) is 6.42 Å². The summed E-state index contributed by atoms with van der Waals surface area (Å²) in [4.78, 5) is 21.6. The molecule has 1 amide bonds. The standard InChI is InChI=1S/C7H13NO5S/c1-3-13-7(10)5-4-6(9)8-14(2,11)12/h3-5H2,1-2H3,(H,8,9). The lowest BCUT2D eigenvalue weighted by atomic mass is 10.3. The van der Waals surface area contributed by atoms with Gasteiger partial charge in [-0.1, -0.05) is 0 Å². The normalized spacial score (nSPS) is 10.7. The smallest absolute Gasteiger partial charge is 0.306 e. The van der Waals surface area contributed by atoms with Gasteiger partial charge in [0.05, 0.1) is 19.3 Å². The molecule has 82 valence electrons. The maximum absolute atomic E-state index is 10.9. The first-order valence-corrected chi connectivity index (χ1v) is 5.90. The van der Waals surface area contributed by atoms with Crippen molar-refractivity contribution in [2.24, 2.45) is 0 Å². The number of ether oxygens (including phenoxy) is 1. The van der Waals surface area contributed by atoms with E-state index in [0.29, 0.717) is 0 Å². The second-order valence-electron chi connectivity index (χ2n) is 2.60. The van der Waals surface area contributed by atoms with E-state index in [1.54, 1.807) is 11.6 Å². The zero-order valence-electron chi connectivity index (χ0n) is 8.07. The van der Waals surface area contributed by atoms with Crippen molar-refractivity contribution in [2.45, 2.75) is 19.8 Å². The number of rotatable bonds is 5. The van der Waals surface area contributed by atoms with Crippen molar-refractivity contribution in [1.82, 2.24) is 4.72 Å². The van der Waals surface area contributed by atoms with E-state index in [1.165, 1.54) is 0 Å². The van der Waals surface area contributed by atoms with Crippen molar-refractivity contribution in [2.75, 3.05) is 12.9 Å². The molecule has 0 aliphatic rings. The van der Waals surface area contributed by atoms with Crippen molar-refractivity contribution >= 4 is 21.9 Å². The Balaban J connectivity index is 3.81. The molecule has 0 radical (unpaired) electrons. The van der Waals surface area contributed by atoms with Gasteiger partial charge in [-0.3, -0.25) is 14.3 Å². The summed E-state index contributed by atoms with van der Waals surface area (Å²) in [6.45, 7) is 1.89. The van der Waals surface area contributed by atoms with Crippen LogP contribution in [0, 0.1) is 0 Å². The Morgan fingerprint density at radius 1 is 1.29 bits per heavy atom. The maximum Gasteiger partial charge on any atom is 0.306 e. The summed E-state index contributed by atoms with van der Waals surface area (Å²) < 4.78 is 27.4. The van der Waals surface area contributed by atoms with Crippen LogP contribution in [0.2, 0.25) is 0 Å². The van der Waals surface area contributed by atoms with Crippen LogP contribution in [-0.2, 0) is 24.3 Å². The predicted octanol–water partition coefficient (Wildman–Crippen LogP) is -0.594. The Morgan fingerprint density at radius 2 is 1.86 bits per heavy atom. The molecule has 1 N–H and O–H groups in total. The van der Waals surface area contributed by atoms with Crippen LogP contribution in [0.5, 0.6) is 0 Å². The predicted molar refractivity (Wildman–Crippen MR) is 48.9 cm³/mol. The zero-order valence-corrected chi connectivity index (χ0v) is 8.89. The summed E-state index contributed by atoms with van der Waals surface area (Å²) in [5.74, 6) is -1.23. The first-order valence-electron chi connectivity index (χ1n) is 4.01. The van der Waals surface area contributed by atoms with Gasteiger partial charge in [-0.05, 0) is 6.92 Å². The van der Waals surface area contributed by atoms with E-state index in [0.717, 1.165) is 6.26 Å². The quantitative estimate of drug-likeness (QED) is 0.629. The van der Waals surface area contributed by atoms with Gasteiger partial charge >= 0.3 is 5.97 Å². The molecule has 0 bridgehead atoms. The van der Waals surface area contributed by atoms with Crippen molar-refractivity contribution in [3.63, 3.8) is 0 Å². The molecule has 0 spiro atoms. The van der Waals surface area contributed by atoms with Crippen LogP contribution in [0.4, 0.5) is 0 Å². The Bertz CT molecular complexity index is 308. The van der Waals surface area contributed by atoms with Crippen molar-refractivity contribution in [3.05, 3.63) is 0 Å². The lowest BCUT2D eigenvalue weighted by Gasteiger charge is -2.02. The van der Waals surface area contributed by atoms with Crippen molar-refractivity contribution in [3.8, 4) is 0 Å². The lowest BCUT2D eigenvalue weighted by Crippen LogP contribution is -2.29. The molecule has 0 unspecified atom stereocenters. The van der Waals surface area contributed by atoms with Gasteiger partial charge in [-0.15, -0.1) is 0 Å². The van der Waals surface area contributed by atoms with E-state index in [9.17, 15) is 18.0 Å². The molecule has 0 rings (SSSR count). The topological polar surface area (TPSA) is 89.5 Å². The van der Waals surface area contributed by atoms with E-state index < -0.39 is 21.9 Å². The van der Waals surface area contributed by atoms with Gasteiger partial charge in [0.25, 0.3) is 0 Å². The number of hydrogen-bond donors (Lipinski definition) is 1. The molecule has 14 heavy (non-hydrogen) atoms. The van der Waals surface area contributed by atoms with Crippen LogP contribution in [0.25, 0.3) is 0 Å². The van der Waals surface area contributed by atoms with Gasteiger partial charge in [0.2, 0.25) is 15.9 Å². The number of amides is 1. The van der Waals surface area contributed by atoms with Crippen LogP contribution < -0.4 is 4.72 Å². The molecular weight excluding hydrogens is 210 g/mol. The van der Waals surface area contributed by atoms with Gasteiger partial charge in [-0.2, -0.15) is 0 Å². The Morgan fingerprint density at radius 3 is 2.29 bits per heavy atom. The van der Waals surface area contributed by atoms with Gasteiger partial charge < -0.3 is 4.74 Å². The molecule has 0 aliphatic carbocycles. The average Bonchev–Trinajstić information content (AvgIpc) is 1.98. The molecule has 0 atom stereocenters. The van der Waals surface area contributed by atoms with Gasteiger partial charge in [0.15, 0.2) is 0 Å². The highest BCUT2D eigenvalue weighted by Crippen LogP contribution is 1.93. The minimum Gasteiger partial charge on any atom is -0.466 e. The highest BCUT2D eigenvalue weighted by atomic mass is 32.2. The fraction of sp³-hybridized carbons (Fsp3) is 0.714. The zero-order chi connectivity index (χ0) is 11.2. The third-order valence-electron chi connectivity index (χ3n) is 1.16. The SMILES string of the molecule is CCOC(=O)CCC(=O)NS(C)(=O)=O. The lowest BCUT2D eigenvalue weighted by molar-refractivity contribution is -0.144. The number of hydrogen-bond acceptors (Lipinski definition) is 5. The molecule has 0 aliphatic heterocycles. The molecule has 6 nitrogen and oxygen atoms in total. The van der Waals surface area contributed by atoms with Crippen molar-refractivity contribution in [1.29, 1.82) is 0 Å². The fourth-order valence-electron chi connectivity index (χ4n) is 0.707. The molecule has 0 aromatic heterocycles. The van der Waals surface area contributed by atoms with E-state index in [2.05, 4.69) is 4.74 Å². The summed E-state index contributed by atoms with van der Waals surface area (Å²) in [5, 5.41) is 0. The fourth-order valence-corrected chi connectivity index (χ4v) is 1.22. The largest absolute Gasteiger partial charge is 0.466 e. The summed E-state index contributed by atoms with van der Waals surface area (Å²) >= 11 is 0. The first kappa shape index (κ1) is 12.9. The highest BCUT2D eigenvalue weighted by Gasteiger charge is 2.10. The molecular formula is C7H13NO5S. The summed E-state index contributed by atoms with van der Waals surface area (Å²) in [6, 6.07) is 0. The summed E-state index contributed by atoms with van der Waals surface area (Å²) in [5.41, 5.74) is 0. The van der Waals surface area contributed by atoms with E-state index in [-0.39, 0.29) is 19.4 Å². The molecule has 0 saturated carbocycles. The van der Waals surface area contributed by atoms with Crippen LogP contribution >= 0.6 is 0 Å². The van der Waals surface area contributed by atoms with Crippen molar-refractivity contribution < 1.29 is 22.7 Å². The summed E-state index contributed by atoms with van der Waals surface area (Å²) in [6.07, 6.45) is 0.566. The monoisotopic (exact) mass is 223 g/mol. The third-order valence-corrected chi connectivity index (χ3v) is 1.76. The van der Waals surface area contributed by atoms with Gasteiger partial charge in [-0.25, -0.2) is 8.42 Å². The number of carbonyl (C=O) groups is 2. The minimum atomic E-state index is -3.54. The Hall–Kier alpha value is -1.11. The molecule has 0 aromatic rings. The second-order valence-corrected chi connectivity index (χ2v) is 4.35. The van der Waals surface area contributed by atoms with Gasteiger partial charge in [0.1, 0.15) is 0 Å². The second kappa shape index (κ2) is 5.58. The summed E-state index contributed by atoms with van der Waals surface area (Å²) in [7, 11) is -3.54. The number of sulfonamides is 1. The molecule has 0 heterocycles. The maximum atomic E-state index is 10.9. The molecule has 7 heteroatoms. The minimum absolute atomic E-state index is 0.116.